The Morgan fingerprint density at radius 3 is 2.13 bits per heavy atom. The van der Waals surface area contributed by atoms with Crippen molar-refractivity contribution in [3.05, 3.63) is 42.0 Å². The van der Waals surface area contributed by atoms with Gasteiger partial charge in [0, 0.05) is 11.7 Å². The van der Waals surface area contributed by atoms with Crippen LogP contribution in [0.15, 0.2) is 36.4 Å². The van der Waals surface area contributed by atoms with Crippen LogP contribution in [0.3, 0.4) is 0 Å². The van der Waals surface area contributed by atoms with Gasteiger partial charge in [0.2, 0.25) is 0 Å². The molecule has 1 heterocycles. The van der Waals surface area contributed by atoms with Gasteiger partial charge in [-0.15, -0.1) is 0 Å². The average Bonchev–Trinajstić information content (AvgIpc) is 2.66. The Balaban J connectivity index is 2.30. The van der Waals surface area contributed by atoms with Gasteiger partial charge >= 0.3 is 7.12 Å². The van der Waals surface area contributed by atoms with E-state index in [1.54, 1.807) is 6.92 Å². The van der Waals surface area contributed by atoms with Gasteiger partial charge < -0.3 is 14.1 Å². The molecule has 0 N–H and O–H groups in total. The molecule has 0 radical (unpaired) electrons. The molecule has 1 saturated heterocycles. The molecule has 0 spiro atoms. The van der Waals surface area contributed by atoms with Gasteiger partial charge in [-0.25, -0.2) is 0 Å². The molecule has 0 unspecified atom stereocenters. The molecule has 1 atom stereocenters. The summed E-state index contributed by atoms with van der Waals surface area (Å²) >= 11 is 0. The van der Waals surface area contributed by atoms with Gasteiger partial charge in [0.15, 0.2) is 0 Å². The van der Waals surface area contributed by atoms with Gasteiger partial charge in [0.25, 0.3) is 0 Å². The molecule has 1 fully saturated rings. The third-order valence-electron chi connectivity index (χ3n) is 4.88. The van der Waals surface area contributed by atoms with Gasteiger partial charge in [-0.3, -0.25) is 0 Å². The van der Waals surface area contributed by atoms with E-state index in [-0.39, 0.29) is 5.78 Å². The summed E-state index contributed by atoms with van der Waals surface area (Å²) in [6, 6.07) is 10.1. The highest BCUT2D eigenvalue weighted by Crippen LogP contribution is 2.47. The zero-order valence-corrected chi connectivity index (χ0v) is 15.1. The lowest BCUT2D eigenvalue weighted by Crippen LogP contribution is -2.41. The summed E-state index contributed by atoms with van der Waals surface area (Å²) < 4.78 is 12.4. The fourth-order valence-corrected chi connectivity index (χ4v) is 2.72. The summed E-state index contributed by atoms with van der Waals surface area (Å²) in [6.45, 7) is 11.8. The van der Waals surface area contributed by atoms with Gasteiger partial charge in [-0.05, 0) is 40.2 Å². The molecule has 23 heavy (non-hydrogen) atoms. The first-order valence-electron chi connectivity index (χ1n) is 8.15. The van der Waals surface area contributed by atoms with Crippen molar-refractivity contribution in [2.45, 2.75) is 64.5 Å². The molecule has 4 heteroatoms. The maximum atomic E-state index is 11.8. The molecular weight excluding hydrogens is 287 g/mol. The zero-order valence-electron chi connectivity index (χ0n) is 15.1. The second kappa shape index (κ2) is 6.25. The quantitative estimate of drug-likeness (QED) is 0.749. The summed E-state index contributed by atoms with van der Waals surface area (Å²) in [5.74, 6) is 0.125. The maximum Gasteiger partial charge on any atom is 0.468 e. The number of carbonyl (C=O) groups excluding carboxylic acids is 1. The maximum absolute atomic E-state index is 11.8. The van der Waals surface area contributed by atoms with Crippen LogP contribution in [0.25, 0.3) is 6.08 Å². The molecule has 1 aliphatic rings. The molecule has 0 bridgehead atoms. The molecule has 0 aliphatic carbocycles. The van der Waals surface area contributed by atoms with Crippen molar-refractivity contribution in [2.75, 3.05) is 0 Å². The van der Waals surface area contributed by atoms with Gasteiger partial charge in [-0.2, -0.15) is 0 Å². The Morgan fingerprint density at radius 1 is 1.13 bits per heavy atom. The van der Waals surface area contributed by atoms with Crippen LogP contribution in [-0.2, 0) is 14.1 Å². The average molecular weight is 314 g/mol. The van der Waals surface area contributed by atoms with E-state index in [1.807, 2.05) is 77.1 Å². The van der Waals surface area contributed by atoms with Crippen LogP contribution >= 0.6 is 0 Å². The van der Waals surface area contributed by atoms with Crippen LogP contribution in [0.5, 0.6) is 0 Å². The third-order valence-corrected chi connectivity index (χ3v) is 4.88. The first kappa shape index (κ1) is 18.0. The molecule has 0 saturated carbocycles. The van der Waals surface area contributed by atoms with E-state index in [0.717, 1.165) is 5.56 Å². The topological polar surface area (TPSA) is 35.5 Å². The van der Waals surface area contributed by atoms with Crippen LogP contribution in [0.4, 0.5) is 0 Å². The second-order valence-corrected chi connectivity index (χ2v) is 7.72. The standard InChI is InChI=1S/C19H27BO3/c1-15(21)14-19(6,13-12-16-10-8-7-9-11-16)20-22-17(2,3)18(4,5)23-20/h7-13H,14H2,1-6H3/b13-12+/t19-/m1/s1. The van der Waals surface area contributed by atoms with Crippen molar-refractivity contribution in [2.24, 2.45) is 0 Å². The number of carbonyl (C=O) groups is 1. The van der Waals surface area contributed by atoms with Crippen LogP contribution in [0.1, 0.15) is 53.5 Å². The molecule has 1 aromatic carbocycles. The fourth-order valence-electron chi connectivity index (χ4n) is 2.72. The van der Waals surface area contributed by atoms with Crippen molar-refractivity contribution in [3.8, 4) is 0 Å². The lowest BCUT2D eigenvalue weighted by molar-refractivity contribution is -0.117. The molecule has 124 valence electrons. The molecular formula is C19H27BO3. The number of hydrogen-bond acceptors (Lipinski definition) is 3. The number of Topliss-reactive ketones (excluding diaryl/α,β-unsaturated/α-hetero) is 1. The van der Waals surface area contributed by atoms with Gasteiger partial charge in [0.1, 0.15) is 5.78 Å². The summed E-state index contributed by atoms with van der Waals surface area (Å²) in [5, 5.41) is -0.507. The van der Waals surface area contributed by atoms with Crippen molar-refractivity contribution < 1.29 is 14.1 Å². The second-order valence-electron chi connectivity index (χ2n) is 7.72. The van der Waals surface area contributed by atoms with E-state index in [1.165, 1.54) is 0 Å². The van der Waals surface area contributed by atoms with Crippen LogP contribution in [0, 0.1) is 0 Å². The Bertz CT molecular complexity index is 576. The Kier molecular flexibility index (Phi) is 4.88. The predicted molar refractivity (Wildman–Crippen MR) is 95.2 cm³/mol. The smallest absolute Gasteiger partial charge is 0.403 e. The number of rotatable bonds is 5. The van der Waals surface area contributed by atoms with Crippen LogP contribution in [0.2, 0.25) is 5.31 Å². The highest BCUT2D eigenvalue weighted by atomic mass is 16.7. The van der Waals surface area contributed by atoms with Gasteiger partial charge in [-0.1, -0.05) is 49.4 Å². The highest BCUT2D eigenvalue weighted by Gasteiger charge is 2.57. The molecule has 0 amide bonds. The Hall–Kier alpha value is -1.39. The monoisotopic (exact) mass is 314 g/mol. The summed E-state index contributed by atoms with van der Waals surface area (Å²) in [6.07, 6.45) is 4.47. The first-order valence-corrected chi connectivity index (χ1v) is 8.15. The van der Waals surface area contributed by atoms with E-state index in [2.05, 4.69) is 0 Å². The molecule has 2 rings (SSSR count). The normalized spacial score (nSPS) is 22.3. The van der Waals surface area contributed by atoms with E-state index >= 15 is 0 Å². The first-order chi connectivity index (χ1) is 10.6. The van der Waals surface area contributed by atoms with Crippen molar-refractivity contribution in [3.63, 3.8) is 0 Å². The molecule has 3 nitrogen and oxygen atoms in total. The van der Waals surface area contributed by atoms with Crippen LogP contribution < -0.4 is 0 Å². The van der Waals surface area contributed by atoms with E-state index in [0.29, 0.717) is 6.42 Å². The summed E-state index contributed by atoms with van der Waals surface area (Å²) in [7, 11) is -0.448. The van der Waals surface area contributed by atoms with Crippen molar-refractivity contribution in [1.29, 1.82) is 0 Å². The minimum Gasteiger partial charge on any atom is -0.403 e. The summed E-state index contributed by atoms with van der Waals surface area (Å²) in [4.78, 5) is 11.8. The molecule has 1 aliphatic heterocycles. The van der Waals surface area contributed by atoms with Crippen LogP contribution in [-0.4, -0.2) is 24.1 Å². The lowest BCUT2D eigenvalue weighted by Gasteiger charge is -2.32. The fraction of sp³-hybridized carbons (Fsp3) is 0.526. The Labute approximate surface area is 140 Å². The zero-order chi connectivity index (χ0) is 17.3. The van der Waals surface area contributed by atoms with Gasteiger partial charge in [0.05, 0.1) is 11.2 Å². The molecule has 1 aromatic rings. The number of ketones is 1. The van der Waals surface area contributed by atoms with E-state index in [9.17, 15) is 4.79 Å². The number of benzene rings is 1. The lowest BCUT2D eigenvalue weighted by atomic mass is 9.56. The SMILES string of the molecule is CC(=O)C[C@@](C)(/C=C/c1ccccc1)B1OC(C)(C)C(C)(C)O1. The highest BCUT2D eigenvalue weighted by molar-refractivity contribution is 6.51. The minimum absolute atomic E-state index is 0.125. The van der Waals surface area contributed by atoms with E-state index < -0.39 is 23.6 Å². The Morgan fingerprint density at radius 2 is 1.65 bits per heavy atom. The van der Waals surface area contributed by atoms with Crippen molar-refractivity contribution in [1.82, 2.24) is 0 Å². The largest absolute Gasteiger partial charge is 0.468 e. The molecule has 0 aromatic heterocycles. The third kappa shape index (κ3) is 3.93. The number of hydrogen-bond donors (Lipinski definition) is 0. The predicted octanol–water partition coefficient (Wildman–Crippen LogP) is 4.53. The minimum atomic E-state index is -0.507. The van der Waals surface area contributed by atoms with E-state index in [4.69, 9.17) is 9.31 Å². The summed E-state index contributed by atoms with van der Waals surface area (Å²) in [5.41, 5.74) is 0.283. The van der Waals surface area contributed by atoms with Crippen molar-refractivity contribution >= 4 is 19.0 Å². The number of allylic oxidation sites excluding steroid dienone is 1.